The summed E-state index contributed by atoms with van der Waals surface area (Å²) in [5.41, 5.74) is 9.96. The maximum Gasteiger partial charge on any atom is 0.164 e. The smallest absolute Gasteiger partial charge is 0.164 e. The van der Waals surface area contributed by atoms with Crippen molar-refractivity contribution >= 4 is 42.3 Å². The van der Waals surface area contributed by atoms with E-state index in [9.17, 15) is 0 Å². The lowest BCUT2D eigenvalue weighted by Gasteiger charge is -2.11. The first-order chi connectivity index (χ1) is 26.2. The number of nitrogens with zero attached hydrogens (tertiary/aromatic N) is 3. The van der Waals surface area contributed by atoms with Crippen LogP contribution in [-0.4, -0.2) is 15.0 Å². The van der Waals surface area contributed by atoms with Gasteiger partial charge in [0, 0.05) is 36.9 Å². The molecule has 3 nitrogen and oxygen atoms in total. The molecule has 0 amide bonds. The number of aromatic nitrogens is 3. The Morgan fingerprint density at radius 2 is 0.830 bits per heavy atom. The van der Waals surface area contributed by atoms with E-state index in [0.29, 0.717) is 17.5 Å². The highest BCUT2D eigenvalue weighted by molar-refractivity contribution is 7.26. The lowest BCUT2D eigenvalue weighted by atomic mass is 9.97. The van der Waals surface area contributed by atoms with Gasteiger partial charge in [-0.05, 0) is 68.4 Å². The molecule has 0 atom stereocenters. The Hall–Kier alpha value is -6.75. The number of fused-ring (bicyclic) bond motifs is 4. The van der Waals surface area contributed by atoms with Crippen LogP contribution < -0.4 is 0 Å². The topological polar surface area (TPSA) is 38.7 Å². The van der Waals surface area contributed by atoms with E-state index in [-0.39, 0.29) is 0 Å². The molecule has 8 aromatic carbocycles. The standard InChI is InChI=1S/C49H31N3S/c1-3-11-32(12-4-1)40-27-28-42-45(31-40)53-44-20-10-19-43(46(42)44)49-51-47(36-14-5-2-6-15-36)50-48(52-49)41-18-9-17-38(30-41)34-21-23-35(24-22-34)39-26-25-33-13-7-8-16-37(33)29-39/h1-31H. The second-order valence-corrected chi connectivity index (χ2v) is 14.3. The van der Waals surface area contributed by atoms with E-state index in [4.69, 9.17) is 15.0 Å². The van der Waals surface area contributed by atoms with Crippen molar-refractivity contribution in [3.63, 3.8) is 0 Å². The number of benzene rings is 8. The second-order valence-electron chi connectivity index (χ2n) is 13.3. The molecule has 0 spiro atoms. The predicted molar refractivity (Wildman–Crippen MR) is 223 cm³/mol. The first-order valence-corrected chi connectivity index (χ1v) is 18.6. The fraction of sp³-hybridized carbons (Fsp3) is 0. The lowest BCUT2D eigenvalue weighted by Crippen LogP contribution is -2.00. The maximum atomic E-state index is 5.20. The molecule has 0 N–H and O–H groups in total. The van der Waals surface area contributed by atoms with E-state index >= 15 is 0 Å². The number of thiophene rings is 1. The van der Waals surface area contributed by atoms with E-state index in [1.54, 1.807) is 0 Å². The Bertz CT molecular complexity index is 2930. The average molecular weight is 694 g/mol. The third-order valence-corrected chi connectivity index (χ3v) is 11.1. The molecule has 0 aliphatic heterocycles. The van der Waals surface area contributed by atoms with Crippen molar-refractivity contribution in [3.8, 4) is 67.5 Å². The highest BCUT2D eigenvalue weighted by Gasteiger charge is 2.18. The van der Waals surface area contributed by atoms with Crippen LogP contribution in [0.1, 0.15) is 0 Å². The summed E-state index contributed by atoms with van der Waals surface area (Å²) in [5.74, 6) is 1.96. The van der Waals surface area contributed by atoms with Gasteiger partial charge in [0.2, 0.25) is 0 Å². The fourth-order valence-electron chi connectivity index (χ4n) is 7.23. The van der Waals surface area contributed by atoms with Crippen LogP contribution in [0.2, 0.25) is 0 Å². The van der Waals surface area contributed by atoms with Gasteiger partial charge in [-0.15, -0.1) is 11.3 Å². The first-order valence-electron chi connectivity index (χ1n) is 17.8. The highest BCUT2D eigenvalue weighted by Crippen LogP contribution is 2.41. The van der Waals surface area contributed by atoms with Gasteiger partial charge in [0.25, 0.3) is 0 Å². The fourth-order valence-corrected chi connectivity index (χ4v) is 8.40. The summed E-state index contributed by atoms with van der Waals surface area (Å²) in [6.07, 6.45) is 0. The van der Waals surface area contributed by atoms with E-state index < -0.39 is 0 Å². The minimum Gasteiger partial charge on any atom is -0.208 e. The molecule has 0 bridgehead atoms. The van der Waals surface area contributed by atoms with Gasteiger partial charge in [-0.3, -0.25) is 0 Å². The number of hydrogen-bond acceptors (Lipinski definition) is 4. The van der Waals surface area contributed by atoms with Crippen molar-refractivity contribution in [2.45, 2.75) is 0 Å². The molecule has 10 aromatic rings. The summed E-state index contributed by atoms with van der Waals surface area (Å²) < 4.78 is 2.45. The third-order valence-electron chi connectivity index (χ3n) is 9.93. The summed E-state index contributed by atoms with van der Waals surface area (Å²) in [6.45, 7) is 0. The number of rotatable bonds is 6. The first kappa shape index (κ1) is 31.0. The van der Waals surface area contributed by atoms with Gasteiger partial charge in [-0.2, -0.15) is 0 Å². The van der Waals surface area contributed by atoms with Crippen LogP contribution >= 0.6 is 11.3 Å². The van der Waals surface area contributed by atoms with Crippen molar-refractivity contribution in [1.82, 2.24) is 15.0 Å². The monoisotopic (exact) mass is 693 g/mol. The van der Waals surface area contributed by atoms with Gasteiger partial charge >= 0.3 is 0 Å². The largest absolute Gasteiger partial charge is 0.208 e. The van der Waals surface area contributed by atoms with Crippen molar-refractivity contribution < 1.29 is 0 Å². The van der Waals surface area contributed by atoms with Crippen LogP contribution in [0.3, 0.4) is 0 Å². The van der Waals surface area contributed by atoms with Crippen LogP contribution in [0.5, 0.6) is 0 Å². The van der Waals surface area contributed by atoms with Gasteiger partial charge in [0.15, 0.2) is 17.5 Å². The Labute approximate surface area is 311 Å². The van der Waals surface area contributed by atoms with E-state index in [2.05, 4.69) is 170 Å². The van der Waals surface area contributed by atoms with Crippen LogP contribution in [-0.2, 0) is 0 Å². The van der Waals surface area contributed by atoms with Crippen molar-refractivity contribution in [1.29, 1.82) is 0 Å². The Morgan fingerprint density at radius 3 is 1.60 bits per heavy atom. The summed E-state index contributed by atoms with van der Waals surface area (Å²) >= 11 is 1.81. The average Bonchev–Trinajstić information content (AvgIpc) is 3.62. The van der Waals surface area contributed by atoms with E-state index in [0.717, 1.165) is 27.8 Å². The molecule has 0 fully saturated rings. The molecule has 0 saturated heterocycles. The summed E-state index contributed by atoms with van der Waals surface area (Å²) in [7, 11) is 0. The van der Waals surface area contributed by atoms with Crippen molar-refractivity contribution in [2.75, 3.05) is 0 Å². The second kappa shape index (κ2) is 13.1. The van der Waals surface area contributed by atoms with Gasteiger partial charge in [0.05, 0.1) is 0 Å². The molecule has 248 valence electrons. The van der Waals surface area contributed by atoms with Crippen LogP contribution in [0.25, 0.3) is 98.5 Å². The zero-order chi connectivity index (χ0) is 35.1. The predicted octanol–water partition coefficient (Wildman–Crippen LogP) is 13.4. The minimum atomic E-state index is 0.645. The molecular weight excluding hydrogens is 663 g/mol. The van der Waals surface area contributed by atoms with Gasteiger partial charge in [-0.25, -0.2) is 15.0 Å². The Kier molecular flexibility index (Phi) is 7.67. The quantitative estimate of drug-likeness (QED) is 0.174. The Morgan fingerprint density at radius 1 is 0.302 bits per heavy atom. The van der Waals surface area contributed by atoms with Gasteiger partial charge in [0.1, 0.15) is 0 Å². The minimum absolute atomic E-state index is 0.645. The van der Waals surface area contributed by atoms with Crippen LogP contribution in [0, 0.1) is 0 Å². The molecule has 10 rings (SSSR count). The molecule has 0 aliphatic rings. The van der Waals surface area contributed by atoms with E-state index in [1.165, 1.54) is 53.2 Å². The van der Waals surface area contributed by atoms with Crippen molar-refractivity contribution in [2.24, 2.45) is 0 Å². The van der Waals surface area contributed by atoms with E-state index in [1.807, 2.05) is 29.5 Å². The third kappa shape index (κ3) is 5.85. The van der Waals surface area contributed by atoms with Gasteiger partial charge < -0.3 is 0 Å². The summed E-state index contributed by atoms with van der Waals surface area (Å²) in [6, 6.07) is 66.4. The zero-order valence-corrected chi connectivity index (χ0v) is 29.5. The molecule has 2 aromatic heterocycles. The molecule has 0 radical (unpaired) electrons. The SMILES string of the molecule is c1ccc(-c2ccc3c(c2)sc2cccc(-c4nc(-c5ccccc5)nc(-c5cccc(-c6ccc(-c7ccc8ccccc8c7)cc6)c5)n4)c23)cc1. The molecule has 0 aliphatic carbocycles. The molecule has 0 unspecified atom stereocenters. The lowest BCUT2D eigenvalue weighted by molar-refractivity contribution is 1.08. The summed E-state index contributed by atoms with van der Waals surface area (Å²) in [4.78, 5) is 15.4. The summed E-state index contributed by atoms with van der Waals surface area (Å²) in [5, 5.41) is 4.87. The molecule has 0 saturated carbocycles. The van der Waals surface area contributed by atoms with Crippen LogP contribution in [0.4, 0.5) is 0 Å². The zero-order valence-electron chi connectivity index (χ0n) is 28.6. The molecule has 2 heterocycles. The van der Waals surface area contributed by atoms with Crippen molar-refractivity contribution in [3.05, 3.63) is 188 Å². The maximum absolute atomic E-state index is 5.20. The van der Waals surface area contributed by atoms with Crippen LogP contribution in [0.15, 0.2) is 188 Å². The van der Waals surface area contributed by atoms with Gasteiger partial charge in [-0.1, -0.05) is 164 Å². The molecule has 53 heavy (non-hydrogen) atoms. The molecular formula is C49H31N3S. The molecule has 4 heteroatoms. The Balaban J connectivity index is 1.06. The number of hydrogen-bond donors (Lipinski definition) is 0. The highest BCUT2D eigenvalue weighted by atomic mass is 32.1. The normalized spacial score (nSPS) is 11.4.